The summed E-state index contributed by atoms with van der Waals surface area (Å²) in [5.74, 6) is -3.93. The third-order valence-electron chi connectivity index (χ3n) is 2.14. The monoisotopic (exact) mass is 300 g/mol. The maximum atomic E-state index is 11.4. The molecule has 1 heterocycles. The van der Waals surface area contributed by atoms with Gasteiger partial charge in [0.05, 0.1) is 12.8 Å². The molecule has 0 aliphatic rings. The van der Waals surface area contributed by atoms with E-state index < -0.39 is 23.8 Å². The van der Waals surface area contributed by atoms with Crippen LogP contribution in [0.5, 0.6) is 0 Å². The normalized spacial score (nSPS) is 9.90. The van der Waals surface area contributed by atoms with Crippen molar-refractivity contribution >= 4 is 35.4 Å². The first-order valence-electron chi connectivity index (χ1n) is 5.74. The summed E-state index contributed by atoms with van der Waals surface area (Å²) in [6, 6.07) is 0. The van der Waals surface area contributed by atoms with Gasteiger partial charge in [0, 0.05) is 12.8 Å². The molecule has 0 bridgehead atoms. The van der Waals surface area contributed by atoms with E-state index in [0.29, 0.717) is 0 Å². The summed E-state index contributed by atoms with van der Waals surface area (Å²) in [7, 11) is 0. The van der Waals surface area contributed by atoms with Gasteiger partial charge in [-0.05, 0) is 10.3 Å². The van der Waals surface area contributed by atoms with E-state index in [2.05, 4.69) is 25.6 Å². The summed E-state index contributed by atoms with van der Waals surface area (Å²) < 4.78 is 4.34. The van der Waals surface area contributed by atoms with Gasteiger partial charge in [0.1, 0.15) is 0 Å². The molecule has 0 aliphatic heterocycles. The van der Waals surface area contributed by atoms with E-state index >= 15 is 0 Å². The minimum Gasteiger partial charge on any atom is -0.481 e. The van der Waals surface area contributed by atoms with Gasteiger partial charge in [-0.15, -0.1) is 0 Å². The van der Waals surface area contributed by atoms with Crippen LogP contribution in [-0.4, -0.2) is 44.3 Å². The number of hydrogen-bond acceptors (Lipinski definition) is 7. The summed E-state index contributed by atoms with van der Waals surface area (Å²) in [4.78, 5) is 43.4. The molecule has 0 radical (unpaired) electrons. The smallest absolute Gasteiger partial charge is 0.303 e. The number of carbonyl (C=O) groups is 4. The molecule has 1 aromatic rings. The van der Waals surface area contributed by atoms with Crippen molar-refractivity contribution in [3.63, 3.8) is 0 Å². The van der Waals surface area contributed by atoms with E-state index in [1.807, 2.05) is 0 Å². The summed E-state index contributed by atoms with van der Waals surface area (Å²) in [6.45, 7) is 0. The maximum absolute atomic E-state index is 11.4. The van der Waals surface area contributed by atoms with Crippen molar-refractivity contribution in [2.75, 3.05) is 10.6 Å². The number of anilines is 2. The number of nitrogens with zero attached hydrogens (tertiary/aromatic N) is 2. The van der Waals surface area contributed by atoms with Crippen molar-refractivity contribution in [1.29, 1.82) is 0 Å². The first-order valence-corrected chi connectivity index (χ1v) is 5.74. The highest BCUT2D eigenvalue weighted by atomic mass is 16.6. The van der Waals surface area contributed by atoms with Gasteiger partial charge in [-0.2, -0.15) is 0 Å². The minimum absolute atomic E-state index is 0.186. The molecule has 0 saturated carbocycles. The molecule has 114 valence electrons. The quantitative estimate of drug-likeness (QED) is 0.501. The summed E-state index contributed by atoms with van der Waals surface area (Å²) in [5, 5.41) is 28.0. The van der Waals surface area contributed by atoms with Crippen molar-refractivity contribution in [2.45, 2.75) is 25.7 Å². The molecule has 0 aliphatic carbocycles. The average molecular weight is 300 g/mol. The van der Waals surface area contributed by atoms with Crippen LogP contribution in [0.25, 0.3) is 0 Å². The van der Waals surface area contributed by atoms with Crippen molar-refractivity contribution in [2.24, 2.45) is 0 Å². The zero-order valence-corrected chi connectivity index (χ0v) is 10.7. The Hall–Kier alpha value is -2.98. The number of amides is 2. The van der Waals surface area contributed by atoms with Crippen LogP contribution in [-0.2, 0) is 19.2 Å². The third-order valence-corrected chi connectivity index (χ3v) is 2.14. The molecule has 1 aromatic heterocycles. The second-order valence-electron chi connectivity index (χ2n) is 3.85. The lowest BCUT2D eigenvalue weighted by atomic mass is 10.3. The number of carbonyl (C=O) groups excluding carboxylic acids is 2. The number of nitrogens with one attached hydrogen (secondary N) is 2. The highest BCUT2D eigenvalue weighted by molar-refractivity contribution is 5.98. The van der Waals surface area contributed by atoms with Gasteiger partial charge in [-0.3, -0.25) is 19.2 Å². The van der Waals surface area contributed by atoms with Crippen LogP contribution in [0, 0.1) is 0 Å². The van der Waals surface area contributed by atoms with Crippen molar-refractivity contribution in [3.8, 4) is 0 Å². The summed E-state index contributed by atoms with van der Waals surface area (Å²) >= 11 is 0. The first kappa shape index (κ1) is 16.1. The topological polar surface area (TPSA) is 172 Å². The maximum Gasteiger partial charge on any atom is 0.303 e. The number of aromatic nitrogens is 2. The molecule has 0 aromatic carbocycles. The van der Waals surface area contributed by atoms with Crippen LogP contribution in [0.3, 0.4) is 0 Å². The largest absolute Gasteiger partial charge is 0.481 e. The second kappa shape index (κ2) is 7.57. The Bertz CT molecular complexity index is 507. The molecule has 21 heavy (non-hydrogen) atoms. The van der Waals surface area contributed by atoms with E-state index in [1.165, 1.54) is 0 Å². The zero-order chi connectivity index (χ0) is 15.8. The number of hydrogen-bond donors (Lipinski definition) is 4. The lowest BCUT2D eigenvalue weighted by Gasteiger charge is -2.03. The van der Waals surface area contributed by atoms with E-state index in [-0.39, 0.29) is 37.3 Å². The fourth-order valence-electron chi connectivity index (χ4n) is 1.18. The van der Waals surface area contributed by atoms with Crippen molar-refractivity contribution in [3.05, 3.63) is 0 Å². The van der Waals surface area contributed by atoms with Gasteiger partial charge in [-0.1, -0.05) is 0 Å². The van der Waals surface area contributed by atoms with Gasteiger partial charge in [0.15, 0.2) is 0 Å². The second-order valence-corrected chi connectivity index (χ2v) is 3.85. The first-order chi connectivity index (χ1) is 9.88. The van der Waals surface area contributed by atoms with Gasteiger partial charge in [-0.25, -0.2) is 4.63 Å². The van der Waals surface area contributed by atoms with E-state index in [9.17, 15) is 19.2 Å². The Labute approximate surface area is 117 Å². The predicted octanol–water partition coefficient (Wildman–Crippen LogP) is -0.324. The number of rotatable bonds is 8. The molecule has 0 saturated heterocycles. The van der Waals surface area contributed by atoms with E-state index in [4.69, 9.17) is 10.2 Å². The fourth-order valence-corrected chi connectivity index (χ4v) is 1.18. The van der Waals surface area contributed by atoms with Crippen LogP contribution in [0.4, 0.5) is 11.6 Å². The van der Waals surface area contributed by atoms with Crippen LogP contribution >= 0.6 is 0 Å². The Kier molecular flexibility index (Phi) is 5.80. The van der Waals surface area contributed by atoms with Crippen LogP contribution in [0.1, 0.15) is 25.7 Å². The van der Waals surface area contributed by atoms with Crippen LogP contribution in [0.2, 0.25) is 0 Å². The summed E-state index contributed by atoms with van der Waals surface area (Å²) in [5.41, 5.74) is 0. The average Bonchev–Trinajstić information content (AvgIpc) is 2.81. The highest BCUT2D eigenvalue weighted by Crippen LogP contribution is 2.16. The molecule has 11 nitrogen and oxygen atoms in total. The Morgan fingerprint density at radius 1 is 0.810 bits per heavy atom. The Morgan fingerprint density at radius 3 is 1.52 bits per heavy atom. The molecule has 1 rings (SSSR count). The minimum atomic E-state index is -1.13. The molecular formula is C10H12N4O7. The van der Waals surface area contributed by atoms with Crippen molar-refractivity contribution < 1.29 is 34.0 Å². The Morgan fingerprint density at radius 2 is 1.19 bits per heavy atom. The van der Waals surface area contributed by atoms with Gasteiger partial charge in [0.25, 0.3) is 0 Å². The predicted molar refractivity (Wildman–Crippen MR) is 65.3 cm³/mol. The molecule has 0 spiro atoms. The molecule has 0 unspecified atom stereocenters. The lowest BCUT2D eigenvalue weighted by Crippen LogP contribution is -2.17. The van der Waals surface area contributed by atoms with Gasteiger partial charge >= 0.3 is 11.9 Å². The van der Waals surface area contributed by atoms with Crippen LogP contribution < -0.4 is 10.6 Å². The van der Waals surface area contributed by atoms with E-state index in [1.54, 1.807) is 0 Å². The van der Waals surface area contributed by atoms with Gasteiger partial charge in [0.2, 0.25) is 23.5 Å². The lowest BCUT2D eigenvalue weighted by molar-refractivity contribution is -0.138. The SMILES string of the molecule is O=C(O)CCC(=O)Nc1nonc1NC(=O)CCC(=O)O. The Balaban J connectivity index is 2.53. The number of carboxylic acids is 2. The van der Waals surface area contributed by atoms with Crippen LogP contribution in [0.15, 0.2) is 4.63 Å². The highest BCUT2D eigenvalue weighted by Gasteiger charge is 2.16. The molecule has 11 heteroatoms. The third kappa shape index (κ3) is 6.13. The molecule has 0 fully saturated rings. The molecular weight excluding hydrogens is 288 g/mol. The zero-order valence-electron chi connectivity index (χ0n) is 10.7. The number of aliphatic carboxylic acids is 2. The van der Waals surface area contributed by atoms with Gasteiger partial charge < -0.3 is 20.8 Å². The molecule has 2 amide bonds. The fraction of sp³-hybridized carbons (Fsp3) is 0.400. The van der Waals surface area contributed by atoms with Crippen molar-refractivity contribution in [1.82, 2.24) is 10.3 Å². The molecule has 4 N–H and O–H groups in total. The summed E-state index contributed by atoms with van der Waals surface area (Å²) in [6.07, 6.45) is -1.29. The number of carboxylic acid groups (broad SMARTS) is 2. The molecule has 0 atom stereocenters. The van der Waals surface area contributed by atoms with E-state index in [0.717, 1.165) is 0 Å². The standard InChI is InChI=1S/C10H12N4O7/c15-5(1-3-7(17)18)11-9-10(14-21-13-9)12-6(16)2-4-8(19)20/h1-4H2,(H,17,18)(H,19,20)(H,11,13,15)(H,12,14,16).